The van der Waals surface area contributed by atoms with E-state index < -0.39 is 0 Å². The molecule has 0 fully saturated rings. The number of halogens is 3. The van der Waals surface area contributed by atoms with Crippen molar-refractivity contribution in [2.75, 3.05) is 14.2 Å². The van der Waals surface area contributed by atoms with Crippen molar-refractivity contribution in [1.29, 1.82) is 0 Å². The zero-order valence-corrected chi connectivity index (χ0v) is 15.0. The highest BCUT2D eigenvalue weighted by Gasteiger charge is 2.19. The molecule has 5 heteroatoms. The Labute approximate surface area is 143 Å². The predicted molar refractivity (Wildman–Crippen MR) is 91.1 cm³/mol. The van der Waals surface area contributed by atoms with E-state index in [2.05, 4.69) is 15.9 Å². The Bertz CT molecular complexity index is 659. The van der Waals surface area contributed by atoms with Gasteiger partial charge in [0.2, 0.25) is 0 Å². The summed E-state index contributed by atoms with van der Waals surface area (Å²) in [5, 5.41) is 0.329. The first-order chi connectivity index (χ1) is 9.97. The van der Waals surface area contributed by atoms with Crippen molar-refractivity contribution < 1.29 is 9.47 Å². The summed E-state index contributed by atoms with van der Waals surface area (Å²) in [7, 11) is 3.20. The molecule has 0 saturated heterocycles. The lowest BCUT2D eigenvalue weighted by molar-refractivity contribution is 0.354. The molecular formula is C16H15BrCl2O2. The van der Waals surface area contributed by atoms with E-state index in [0.717, 1.165) is 21.2 Å². The number of alkyl halides is 1. The van der Waals surface area contributed by atoms with Gasteiger partial charge in [-0.1, -0.05) is 33.6 Å². The highest BCUT2D eigenvalue weighted by Crippen LogP contribution is 2.41. The first-order valence-electron chi connectivity index (χ1n) is 6.29. The van der Waals surface area contributed by atoms with Gasteiger partial charge in [-0.15, -0.1) is 11.6 Å². The lowest BCUT2D eigenvalue weighted by atomic mass is 9.99. The Morgan fingerprint density at radius 2 is 1.62 bits per heavy atom. The van der Waals surface area contributed by atoms with Gasteiger partial charge in [0.05, 0.1) is 19.6 Å². The summed E-state index contributed by atoms with van der Waals surface area (Å²) in [6.07, 6.45) is 0. The SMILES string of the molecule is COc1cc(Br)c(C(Cl)c2cc(Cl)ccc2C)cc1OC. The highest BCUT2D eigenvalue weighted by atomic mass is 79.9. The standard InChI is InChI=1S/C16H15BrCl2O2/c1-9-4-5-10(18)6-11(9)16(19)12-7-14(20-2)15(21-3)8-13(12)17/h4-8,16H,1-3H3. The molecule has 0 aromatic heterocycles. The average Bonchev–Trinajstić information content (AvgIpc) is 2.48. The van der Waals surface area contributed by atoms with Crippen molar-refractivity contribution in [3.05, 3.63) is 56.5 Å². The van der Waals surface area contributed by atoms with E-state index >= 15 is 0 Å². The zero-order chi connectivity index (χ0) is 15.6. The summed E-state index contributed by atoms with van der Waals surface area (Å²) in [5.74, 6) is 1.29. The van der Waals surface area contributed by atoms with Crippen LogP contribution in [0.2, 0.25) is 5.02 Å². The largest absolute Gasteiger partial charge is 0.493 e. The van der Waals surface area contributed by atoms with Crippen LogP contribution in [-0.4, -0.2) is 14.2 Å². The van der Waals surface area contributed by atoms with Gasteiger partial charge in [-0.25, -0.2) is 0 Å². The molecule has 0 N–H and O–H groups in total. The molecule has 0 aliphatic rings. The highest BCUT2D eigenvalue weighted by molar-refractivity contribution is 9.10. The van der Waals surface area contributed by atoms with Crippen molar-refractivity contribution in [2.45, 2.75) is 12.3 Å². The number of aryl methyl sites for hydroxylation is 1. The maximum atomic E-state index is 6.65. The van der Waals surface area contributed by atoms with Gasteiger partial charge in [-0.2, -0.15) is 0 Å². The molecule has 2 nitrogen and oxygen atoms in total. The Balaban J connectivity index is 2.52. The fourth-order valence-electron chi connectivity index (χ4n) is 2.12. The van der Waals surface area contributed by atoms with Crippen LogP contribution < -0.4 is 9.47 Å². The van der Waals surface area contributed by atoms with Gasteiger partial charge >= 0.3 is 0 Å². The van der Waals surface area contributed by atoms with E-state index in [1.165, 1.54) is 0 Å². The fourth-order valence-corrected chi connectivity index (χ4v) is 3.40. The molecular weight excluding hydrogens is 375 g/mol. The quantitative estimate of drug-likeness (QED) is 0.619. The number of hydrogen-bond acceptors (Lipinski definition) is 2. The van der Waals surface area contributed by atoms with Crippen molar-refractivity contribution in [2.24, 2.45) is 0 Å². The fraction of sp³-hybridized carbons (Fsp3) is 0.250. The minimum absolute atomic E-state index is 0.335. The number of benzene rings is 2. The van der Waals surface area contributed by atoms with E-state index in [9.17, 15) is 0 Å². The number of methoxy groups -OCH3 is 2. The van der Waals surface area contributed by atoms with Crippen molar-refractivity contribution in [3.63, 3.8) is 0 Å². The molecule has 21 heavy (non-hydrogen) atoms. The Hall–Kier alpha value is -0.900. The molecule has 0 bridgehead atoms. The summed E-state index contributed by atoms with van der Waals surface area (Å²) < 4.78 is 11.5. The van der Waals surface area contributed by atoms with Gasteiger partial charge in [0.25, 0.3) is 0 Å². The molecule has 1 atom stereocenters. The molecule has 112 valence electrons. The minimum Gasteiger partial charge on any atom is -0.493 e. The van der Waals surface area contributed by atoms with E-state index in [-0.39, 0.29) is 5.38 Å². The summed E-state index contributed by atoms with van der Waals surface area (Å²) in [6, 6.07) is 9.43. The first-order valence-corrected chi connectivity index (χ1v) is 7.90. The lowest BCUT2D eigenvalue weighted by Crippen LogP contribution is -2.00. The Kier molecular flexibility index (Phi) is 5.42. The van der Waals surface area contributed by atoms with Gasteiger partial charge in [0.1, 0.15) is 0 Å². The van der Waals surface area contributed by atoms with Gasteiger partial charge < -0.3 is 9.47 Å². The zero-order valence-electron chi connectivity index (χ0n) is 11.9. The Morgan fingerprint density at radius 3 is 2.24 bits per heavy atom. The van der Waals surface area contributed by atoms with Gasteiger partial charge in [-0.05, 0) is 47.9 Å². The van der Waals surface area contributed by atoms with Gasteiger partial charge in [0, 0.05) is 9.50 Å². The Morgan fingerprint density at radius 1 is 1.00 bits per heavy atom. The van der Waals surface area contributed by atoms with E-state index in [4.69, 9.17) is 32.7 Å². The second-order valence-electron chi connectivity index (χ2n) is 4.59. The van der Waals surface area contributed by atoms with E-state index in [1.54, 1.807) is 14.2 Å². The predicted octanol–water partition coefficient (Wildman–Crippen LogP) is 5.76. The van der Waals surface area contributed by atoms with Crippen LogP contribution in [0.15, 0.2) is 34.8 Å². The van der Waals surface area contributed by atoms with Crippen LogP contribution >= 0.6 is 39.1 Å². The second-order valence-corrected chi connectivity index (χ2v) is 6.32. The van der Waals surface area contributed by atoms with Crippen molar-refractivity contribution in [3.8, 4) is 11.5 Å². The molecule has 0 radical (unpaired) electrons. The van der Waals surface area contributed by atoms with E-state index in [0.29, 0.717) is 16.5 Å². The number of ether oxygens (including phenoxy) is 2. The maximum absolute atomic E-state index is 6.65. The minimum atomic E-state index is -0.335. The molecule has 0 heterocycles. The summed E-state index contributed by atoms with van der Waals surface area (Å²) in [5.41, 5.74) is 2.96. The third kappa shape index (κ3) is 3.47. The molecule has 1 unspecified atom stereocenters. The molecule has 0 spiro atoms. The molecule has 0 saturated carbocycles. The molecule has 0 aliphatic carbocycles. The number of rotatable bonds is 4. The third-order valence-electron chi connectivity index (χ3n) is 3.29. The van der Waals surface area contributed by atoms with Crippen LogP contribution in [0.3, 0.4) is 0 Å². The van der Waals surface area contributed by atoms with Crippen LogP contribution in [0.25, 0.3) is 0 Å². The third-order valence-corrected chi connectivity index (χ3v) is 4.68. The van der Waals surface area contributed by atoms with Crippen LogP contribution in [0.5, 0.6) is 11.5 Å². The first kappa shape index (κ1) is 16.5. The van der Waals surface area contributed by atoms with Gasteiger partial charge in [-0.3, -0.25) is 0 Å². The van der Waals surface area contributed by atoms with Crippen molar-refractivity contribution in [1.82, 2.24) is 0 Å². The van der Waals surface area contributed by atoms with Gasteiger partial charge in [0.15, 0.2) is 11.5 Å². The van der Waals surface area contributed by atoms with Crippen molar-refractivity contribution >= 4 is 39.1 Å². The summed E-state index contributed by atoms with van der Waals surface area (Å²) in [6.45, 7) is 2.01. The smallest absolute Gasteiger partial charge is 0.161 e. The van der Waals surface area contributed by atoms with Crippen LogP contribution in [0.1, 0.15) is 22.1 Å². The summed E-state index contributed by atoms with van der Waals surface area (Å²) >= 11 is 16.3. The van der Waals surface area contributed by atoms with Crippen LogP contribution in [0, 0.1) is 6.92 Å². The molecule has 2 aromatic rings. The van der Waals surface area contributed by atoms with Crippen LogP contribution in [0.4, 0.5) is 0 Å². The van der Waals surface area contributed by atoms with E-state index in [1.807, 2.05) is 37.3 Å². The maximum Gasteiger partial charge on any atom is 0.161 e. The molecule has 0 aliphatic heterocycles. The molecule has 0 amide bonds. The number of hydrogen-bond donors (Lipinski definition) is 0. The lowest BCUT2D eigenvalue weighted by Gasteiger charge is -2.18. The topological polar surface area (TPSA) is 18.5 Å². The molecule has 2 rings (SSSR count). The monoisotopic (exact) mass is 388 g/mol. The second kappa shape index (κ2) is 6.91. The molecule has 2 aromatic carbocycles. The van der Waals surface area contributed by atoms with Crippen LogP contribution in [-0.2, 0) is 0 Å². The summed E-state index contributed by atoms with van der Waals surface area (Å²) in [4.78, 5) is 0. The normalized spacial score (nSPS) is 12.1. The average molecular weight is 390 g/mol.